The van der Waals surface area contributed by atoms with Crippen LogP contribution in [0, 0.1) is 27.7 Å². The van der Waals surface area contributed by atoms with Crippen LogP contribution in [-0.4, -0.2) is 104 Å². The first kappa shape index (κ1) is 79.7. The van der Waals surface area contributed by atoms with E-state index in [9.17, 15) is 13.2 Å². The van der Waals surface area contributed by atoms with Crippen molar-refractivity contribution in [1.82, 2.24) is 40.6 Å². The van der Waals surface area contributed by atoms with Crippen LogP contribution in [0.25, 0.3) is 136 Å². The summed E-state index contributed by atoms with van der Waals surface area (Å²) >= 11 is 1.68. The fourth-order valence-electron chi connectivity index (χ4n) is 12.8. The minimum absolute atomic E-state index is 0.00121. The summed E-state index contributed by atoms with van der Waals surface area (Å²) < 4.78 is 108. The molecule has 0 atom stereocenters. The highest BCUT2D eigenvalue weighted by Gasteiger charge is 2.33. The molecule has 0 saturated heterocycles. The van der Waals surface area contributed by atoms with E-state index in [1.54, 1.807) is 74.3 Å². The summed E-state index contributed by atoms with van der Waals surface area (Å²) in [5, 5.41) is 20.4. The van der Waals surface area contributed by atoms with Crippen molar-refractivity contribution in [3.05, 3.63) is 270 Å². The first-order chi connectivity index (χ1) is 56.4. The maximum absolute atomic E-state index is 12.7. The van der Waals surface area contributed by atoms with Crippen molar-refractivity contribution < 1.29 is 73.9 Å². The van der Waals surface area contributed by atoms with Crippen LogP contribution in [0.2, 0.25) is 0 Å². The second-order valence-corrected chi connectivity index (χ2v) is 26.5. The number of hydrogen-bond donors (Lipinski definition) is 0. The Balaban J connectivity index is 0.000000135. The van der Waals surface area contributed by atoms with Crippen molar-refractivity contribution in [3.63, 3.8) is 0 Å². The van der Waals surface area contributed by atoms with Crippen molar-refractivity contribution in [2.75, 3.05) is 56.9 Å². The maximum atomic E-state index is 12.7. The second-order valence-electron chi connectivity index (χ2n) is 25.8. The van der Waals surface area contributed by atoms with Gasteiger partial charge in [-0.05, 0) is 210 Å². The van der Waals surface area contributed by atoms with Gasteiger partial charge in [0.05, 0.1) is 79.1 Å². The normalized spacial score (nSPS) is 10.9. The lowest BCUT2D eigenvalue weighted by Crippen LogP contribution is -2.17. The summed E-state index contributed by atoms with van der Waals surface area (Å²) in [4.78, 5) is 17.9. The molecule has 0 radical (unpaired) electrons. The third-order valence-corrected chi connectivity index (χ3v) is 19.5. The monoisotopic (exact) mass is 1580 g/mol. The summed E-state index contributed by atoms with van der Waals surface area (Å²) in [6.07, 6.45) is -4.83. The van der Waals surface area contributed by atoms with E-state index in [0.717, 1.165) is 112 Å². The van der Waals surface area contributed by atoms with E-state index < -0.39 is 12.1 Å². The molecule has 0 aliphatic heterocycles. The van der Waals surface area contributed by atoms with Gasteiger partial charge in [-0.25, -0.2) is 0 Å². The average Bonchev–Trinajstić information content (AvgIpc) is 1.53. The van der Waals surface area contributed by atoms with E-state index in [4.69, 9.17) is 56.0 Å². The molecule has 0 fully saturated rings. The lowest BCUT2D eigenvalue weighted by Gasteiger charge is -2.13. The van der Waals surface area contributed by atoms with Crippen molar-refractivity contribution in [2.45, 2.75) is 34.1 Å². The largest absolute Gasteiger partial charge is 0.573 e. The van der Waals surface area contributed by atoms with Gasteiger partial charge in [0, 0.05) is 50.6 Å². The molecule has 0 spiro atoms. The highest BCUT2D eigenvalue weighted by molar-refractivity contribution is 7.08. The fraction of sp³-hybridized carbons (Fsp3) is 0.143. The first-order valence-electron chi connectivity index (χ1n) is 36.1. The van der Waals surface area contributed by atoms with Crippen LogP contribution in [0.1, 0.15) is 22.3 Å². The molecule has 21 nitrogen and oxygen atoms in total. The summed E-state index contributed by atoms with van der Waals surface area (Å²) in [7, 11) is 13.1. The molecule has 0 N–H and O–H groups in total. The van der Waals surface area contributed by atoms with Crippen LogP contribution in [0.5, 0.6) is 51.7 Å². The Bertz CT molecular complexity index is 6070. The summed E-state index contributed by atoms with van der Waals surface area (Å²) in [6, 6.07) is 73.5. The molecule has 0 aliphatic carbocycles. The number of para-hydroxylation sites is 5. The third kappa shape index (κ3) is 18.1. The van der Waals surface area contributed by atoms with E-state index in [1.165, 1.54) is 34.9 Å². The van der Waals surface area contributed by atoms with E-state index in [0.29, 0.717) is 58.0 Å². The topological polar surface area (TPSA) is 239 Å². The molecule has 0 amide bonds. The van der Waals surface area contributed by atoms with Crippen molar-refractivity contribution in [3.8, 4) is 188 Å². The smallest absolute Gasteiger partial charge is 0.497 e. The predicted octanol–water partition coefficient (Wildman–Crippen LogP) is 22.5. The lowest BCUT2D eigenvalue weighted by molar-refractivity contribution is -0.274. The van der Waals surface area contributed by atoms with Gasteiger partial charge < -0.3 is 60.7 Å². The Morgan fingerprint density at radius 3 is 0.905 bits per heavy atom. The third-order valence-electron chi connectivity index (χ3n) is 18.6. The van der Waals surface area contributed by atoms with Crippen molar-refractivity contribution >= 4 is 11.3 Å². The Morgan fingerprint density at radius 1 is 0.259 bits per heavy atom. The van der Waals surface area contributed by atoms with Gasteiger partial charge in [0.25, 0.3) is 23.6 Å². The molecule has 16 rings (SSSR count). The van der Waals surface area contributed by atoms with E-state index in [-0.39, 0.29) is 17.3 Å². The van der Waals surface area contributed by atoms with Gasteiger partial charge in [-0.15, -0.1) is 13.2 Å². The fourth-order valence-corrected chi connectivity index (χ4v) is 13.7. The summed E-state index contributed by atoms with van der Waals surface area (Å²) in [5.41, 5.74) is 18.3. The Hall–Kier alpha value is -14.3. The molecule has 5 heterocycles. The Morgan fingerprint density at radius 2 is 0.552 bits per heavy atom. The highest BCUT2D eigenvalue weighted by atomic mass is 32.1. The number of methoxy groups -OCH3 is 8. The second kappa shape index (κ2) is 36.4. The molecule has 0 aliphatic rings. The zero-order chi connectivity index (χ0) is 81.4. The van der Waals surface area contributed by atoms with Gasteiger partial charge in [-0.2, -0.15) is 31.3 Å². The molecule has 16 aromatic rings. The van der Waals surface area contributed by atoms with Gasteiger partial charge in [-0.3, -0.25) is 0 Å². The molecule has 116 heavy (non-hydrogen) atoms. The van der Waals surface area contributed by atoms with E-state index in [1.807, 2.05) is 214 Å². The summed E-state index contributed by atoms with van der Waals surface area (Å²) in [5.74, 6) is 8.42. The van der Waals surface area contributed by atoms with Gasteiger partial charge in [0.1, 0.15) is 51.7 Å². The zero-order valence-corrected chi connectivity index (χ0v) is 65.9. The number of benzene rings is 11. The van der Waals surface area contributed by atoms with Gasteiger partial charge >= 0.3 is 6.36 Å². The molecule has 0 bridgehead atoms. The van der Waals surface area contributed by atoms with Crippen LogP contribution >= 0.6 is 11.3 Å². The molecular weight excluding hydrogens is 1500 g/mol. The van der Waals surface area contributed by atoms with Gasteiger partial charge in [0.2, 0.25) is 23.3 Å². The number of ether oxygens (including phenoxy) is 9. The molecule has 11 aromatic carbocycles. The molecular formula is C91H77F3N8O13S. The molecule has 586 valence electrons. The zero-order valence-electron chi connectivity index (χ0n) is 65.1. The highest BCUT2D eigenvalue weighted by Crippen LogP contribution is 2.43. The van der Waals surface area contributed by atoms with Crippen molar-refractivity contribution in [2.24, 2.45) is 0 Å². The summed E-state index contributed by atoms with van der Waals surface area (Å²) in [6.45, 7) is 8.16. The van der Waals surface area contributed by atoms with Crippen LogP contribution in [0.3, 0.4) is 0 Å². The number of rotatable bonds is 21. The minimum atomic E-state index is -4.83. The average molecular weight is 1580 g/mol. The number of aromatic nitrogens is 8. The minimum Gasteiger partial charge on any atom is -0.497 e. The number of hydrogen-bond acceptors (Lipinski definition) is 22. The standard InChI is InChI=1S/C24H22N2O4.C23H17F3N2O3.C23H20N2O3.C21H18N2O3S/c1-15-13-16(9-11-18(15)19-12-10-17(27-2)14-22(19)29-4)24-25-23(26-30-24)20-7-5-6-8-21(20)28-3;1-14-13-15(11-12-16(14)17-7-3-5-9-19(17)29-2)22-27-21(28-31-22)18-8-4-6-10-20(18)30-23(24,25)26;1-15-8-4-5-9-17(15)18-13-12-16(14-21(18)27-3)23-24-22(25-28-23)19-10-6-7-11-20(19)26-2;1-13-11-27-12-17(13)15-9-8-14(10-19(15)25-3)21-22-20(23-26-21)16-6-4-5-7-18(16)24-2/h5-14H,1-4H3;3-13H,1-2H3;4-14H,1-3H3;4-12H,1-3H3. The molecule has 0 unspecified atom stereocenters. The lowest BCUT2D eigenvalue weighted by atomic mass is 9.97. The van der Waals surface area contributed by atoms with Gasteiger partial charge in [-0.1, -0.05) is 124 Å². The molecule has 25 heteroatoms. The number of thiophene rings is 1. The number of nitrogens with zero attached hydrogens (tertiary/aromatic N) is 8. The molecule has 5 aromatic heterocycles. The predicted molar refractivity (Wildman–Crippen MR) is 438 cm³/mol. The van der Waals surface area contributed by atoms with Gasteiger partial charge in [0.15, 0.2) is 0 Å². The van der Waals surface area contributed by atoms with E-state index in [2.05, 4.69) is 82.0 Å². The van der Waals surface area contributed by atoms with Crippen LogP contribution in [0.15, 0.2) is 265 Å². The Labute approximate surface area is 670 Å². The van der Waals surface area contributed by atoms with Crippen LogP contribution in [0.4, 0.5) is 13.2 Å². The number of halogens is 3. The molecule has 0 saturated carbocycles. The quantitative estimate of drug-likeness (QED) is 0.0649. The van der Waals surface area contributed by atoms with E-state index >= 15 is 0 Å². The first-order valence-corrected chi connectivity index (χ1v) is 37.0. The number of alkyl halides is 3. The number of aryl methyl sites for hydroxylation is 4. The Kier molecular flexibility index (Phi) is 25.0. The maximum Gasteiger partial charge on any atom is 0.573 e. The van der Waals surface area contributed by atoms with Crippen molar-refractivity contribution in [1.29, 1.82) is 0 Å². The SMILES string of the molecule is COc1ccc(-c2ccc(-c3nc(-c4ccccc4OC)no3)cc2C)c(OC)c1.COc1ccccc1-c1ccc(-c2nc(-c3ccccc3OC(F)(F)F)no2)cc1C.COc1ccccc1-c1noc(-c2ccc(-c3ccccc3C)c(OC)c2)n1.COc1ccccc1-c1noc(-c2ccc(-c3cscc3C)c(OC)c2)n1. The van der Waals surface area contributed by atoms with Crippen LogP contribution < -0.4 is 42.6 Å². The van der Waals surface area contributed by atoms with Crippen LogP contribution in [-0.2, 0) is 0 Å².